The van der Waals surface area contributed by atoms with Gasteiger partial charge in [0.05, 0.1) is 26.9 Å². The average molecular weight is 329 g/mol. The first-order chi connectivity index (χ1) is 12.1. The Balaban J connectivity index is 2.05. The molecule has 0 saturated heterocycles. The van der Waals surface area contributed by atoms with E-state index in [0.29, 0.717) is 5.39 Å². The molecule has 2 aromatic heterocycles. The van der Waals surface area contributed by atoms with E-state index in [1.54, 1.807) is 12.1 Å². The summed E-state index contributed by atoms with van der Waals surface area (Å²) < 4.78 is 0. The van der Waals surface area contributed by atoms with Crippen molar-refractivity contribution < 1.29 is 4.92 Å². The van der Waals surface area contributed by atoms with E-state index in [2.05, 4.69) is 9.97 Å². The largest absolute Gasteiger partial charge is 0.353 e. The number of rotatable bonds is 1. The van der Waals surface area contributed by atoms with E-state index in [0.717, 1.165) is 38.1 Å². The monoisotopic (exact) mass is 329 g/mol. The number of aromatic amines is 2. The lowest BCUT2D eigenvalue weighted by Gasteiger charge is -2.00. The van der Waals surface area contributed by atoms with Crippen LogP contribution in [0, 0.1) is 10.1 Å². The van der Waals surface area contributed by atoms with Crippen molar-refractivity contribution in [2.24, 2.45) is 0 Å². The molecular weight excluding hydrogens is 318 g/mol. The van der Waals surface area contributed by atoms with Crippen LogP contribution in [0.15, 0.2) is 59.4 Å². The summed E-state index contributed by atoms with van der Waals surface area (Å²) in [4.78, 5) is 29.5. The van der Waals surface area contributed by atoms with E-state index in [-0.39, 0.29) is 11.2 Å². The van der Waals surface area contributed by atoms with Gasteiger partial charge in [0, 0.05) is 28.3 Å². The van der Waals surface area contributed by atoms with Gasteiger partial charge >= 0.3 is 0 Å². The van der Waals surface area contributed by atoms with Gasteiger partial charge in [-0.1, -0.05) is 30.3 Å². The summed E-state index contributed by atoms with van der Waals surface area (Å²) in [5, 5.41) is 15.0. The number of pyridine rings is 1. The zero-order valence-corrected chi connectivity index (χ0v) is 12.9. The molecule has 0 radical (unpaired) electrons. The number of fused-ring (bicyclic) bond motifs is 7. The minimum absolute atomic E-state index is 0.0254. The molecule has 0 amide bonds. The summed E-state index contributed by atoms with van der Waals surface area (Å²) in [7, 11) is 0. The smallest absolute Gasteiger partial charge is 0.270 e. The van der Waals surface area contributed by atoms with Gasteiger partial charge in [-0.25, -0.2) is 0 Å². The van der Waals surface area contributed by atoms with Gasteiger partial charge in [0.15, 0.2) is 0 Å². The van der Waals surface area contributed by atoms with Crippen LogP contribution in [0.2, 0.25) is 0 Å². The van der Waals surface area contributed by atoms with Crippen LogP contribution < -0.4 is 5.56 Å². The predicted octanol–water partition coefficient (Wildman–Crippen LogP) is 4.22. The Hall–Kier alpha value is -3.67. The Labute approximate surface area is 139 Å². The summed E-state index contributed by atoms with van der Waals surface area (Å²) in [6.45, 7) is 0. The molecule has 2 heterocycles. The second kappa shape index (κ2) is 4.67. The molecule has 0 aliphatic heterocycles. The Morgan fingerprint density at radius 2 is 1.64 bits per heavy atom. The van der Waals surface area contributed by atoms with Crippen LogP contribution in [0.3, 0.4) is 0 Å². The standard InChI is InChI=1S/C19H11N3O3/c23-19-16-13-8-6-10-5-7-11(22(24)25)9-14(10)17(13)21-18(16)12-3-1-2-4-15(12)20-19/h1-9,21H,(H,20,23). The molecule has 0 spiro atoms. The maximum Gasteiger partial charge on any atom is 0.270 e. The third kappa shape index (κ3) is 1.82. The normalized spacial score (nSPS) is 11.7. The van der Waals surface area contributed by atoms with Crippen molar-refractivity contribution in [3.05, 3.63) is 75.1 Å². The molecule has 0 atom stereocenters. The summed E-state index contributed by atoms with van der Waals surface area (Å²) >= 11 is 0. The minimum Gasteiger partial charge on any atom is -0.353 e. The highest BCUT2D eigenvalue weighted by Crippen LogP contribution is 2.33. The molecule has 2 N–H and O–H groups in total. The first-order valence-electron chi connectivity index (χ1n) is 7.77. The minimum atomic E-state index is -0.414. The SMILES string of the molecule is O=c1[nH]c2ccccc2c2[nH]c3c4cc([N+](=O)[O-])ccc4ccc3c12. The Morgan fingerprint density at radius 1 is 0.840 bits per heavy atom. The predicted molar refractivity (Wildman–Crippen MR) is 98.1 cm³/mol. The number of H-pyrrole nitrogens is 2. The van der Waals surface area contributed by atoms with Gasteiger partial charge in [-0.2, -0.15) is 0 Å². The third-order valence-corrected chi connectivity index (χ3v) is 4.66. The van der Waals surface area contributed by atoms with Gasteiger partial charge < -0.3 is 9.97 Å². The van der Waals surface area contributed by atoms with Gasteiger partial charge in [0.2, 0.25) is 0 Å². The van der Waals surface area contributed by atoms with Crippen molar-refractivity contribution in [1.82, 2.24) is 9.97 Å². The van der Waals surface area contributed by atoms with Crippen molar-refractivity contribution in [2.45, 2.75) is 0 Å². The number of nitro groups is 1. The number of nitrogens with one attached hydrogen (secondary N) is 2. The number of hydrogen-bond acceptors (Lipinski definition) is 3. The van der Waals surface area contributed by atoms with Crippen LogP contribution in [-0.2, 0) is 0 Å². The number of benzene rings is 3. The molecular formula is C19H11N3O3. The molecule has 0 saturated carbocycles. The van der Waals surface area contributed by atoms with E-state index in [4.69, 9.17) is 0 Å². The Kier molecular flexibility index (Phi) is 2.57. The van der Waals surface area contributed by atoms with Crippen LogP contribution in [0.1, 0.15) is 0 Å². The number of nitrogens with zero attached hydrogens (tertiary/aromatic N) is 1. The van der Waals surface area contributed by atoms with Crippen molar-refractivity contribution in [1.29, 1.82) is 0 Å². The zero-order chi connectivity index (χ0) is 17.1. The first-order valence-corrected chi connectivity index (χ1v) is 7.77. The van der Waals surface area contributed by atoms with Gasteiger partial charge in [0.25, 0.3) is 11.2 Å². The quantitative estimate of drug-likeness (QED) is 0.356. The topological polar surface area (TPSA) is 91.8 Å². The number of para-hydroxylation sites is 1. The molecule has 25 heavy (non-hydrogen) atoms. The average Bonchev–Trinajstić information content (AvgIpc) is 3.02. The molecule has 6 heteroatoms. The molecule has 0 fully saturated rings. The van der Waals surface area contributed by atoms with E-state index in [1.807, 2.05) is 36.4 Å². The highest BCUT2D eigenvalue weighted by atomic mass is 16.6. The Bertz CT molecular complexity index is 1400. The van der Waals surface area contributed by atoms with Crippen molar-refractivity contribution >= 4 is 49.2 Å². The Morgan fingerprint density at radius 3 is 2.48 bits per heavy atom. The molecule has 120 valence electrons. The molecule has 5 rings (SSSR count). The lowest BCUT2D eigenvalue weighted by Crippen LogP contribution is -2.05. The van der Waals surface area contributed by atoms with E-state index >= 15 is 0 Å². The highest BCUT2D eigenvalue weighted by molar-refractivity contribution is 6.21. The molecule has 6 nitrogen and oxygen atoms in total. The maximum absolute atomic E-state index is 12.6. The molecule has 0 aliphatic rings. The number of aromatic nitrogens is 2. The molecule has 0 bridgehead atoms. The van der Waals surface area contributed by atoms with Crippen LogP contribution in [0.25, 0.3) is 43.5 Å². The van der Waals surface area contributed by atoms with Gasteiger partial charge in [-0.15, -0.1) is 0 Å². The summed E-state index contributed by atoms with van der Waals surface area (Å²) in [6.07, 6.45) is 0. The van der Waals surface area contributed by atoms with Crippen molar-refractivity contribution in [3.8, 4) is 0 Å². The fourth-order valence-electron chi connectivity index (χ4n) is 3.52. The van der Waals surface area contributed by atoms with E-state index < -0.39 is 4.92 Å². The molecule has 5 aromatic rings. The van der Waals surface area contributed by atoms with Gasteiger partial charge in [0.1, 0.15) is 0 Å². The van der Waals surface area contributed by atoms with Crippen LogP contribution in [0.4, 0.5) is 5.69 Å². The van der Waals surface area contributed by atoms with Crippen LogP contribution in [-0.4, -0.2) is 14.9 Å². The van der Waals surface area contributed by atoms with Crippen molar-refractivity contribution in [3.63, 3.8) is 0 Å². The second-order valence-electron chi connectivity index (χ2n) is 6.03. The summed E-state index contributed by atoms with van der Waals surface area (Å²) in [6, 6.07) is 16.1. The number of hydrogen-bond donors (Lipinski definition) is 2. The van der Waals surface area contributed by atoms with E-state index in [9.17, 15) is 14.9 Å². The van der Waals surface area contributed by atoms with Crippen LogP contribution >= 0.6 is 0 Å². The second-order valence-corrected chi connectivity index (χ2v) is 6.03. The lowest BCUT2D eigenvalue weighted by atomic mass is 10.1. The number of nitro benzene ring substituents is 1. The maximum atomic E-state index is 12.6. The highest BCUT2D eigenvalue weighted by Gasteiger charge is 2.15. The van der Waals surface area contributed by atoms with Crippen LogP contribution in [0.5, 0.6) is 0 Å². The van der Waals surface area contributed by atoms with E-state index in [1.165, 1.54) is 6.07 Å². The number of non-ortho nitro benzene ring substituents is 1. The fourth-order valence-corrected chi connectivity index (χ4v) is 3.52. The van der Waals surface area contributed by atoms with Gasteiger partial charge in [-0.05, 0) is 17.5 Å². The molecule has 3 aromatic carbocycles. The summed E-state index contributed by atoms with van der Waals surface area (Å²) in [5.41, 5.74) is 2.08. The third-order valence-electron chi connectivity index (χ3n) is 4.66. The lowest BCUT2D eigenvalue weighted by molar-refractivity contribution is -0.384. The zero-order valence-electron chi connectivity index (χ0n) is 12.9. The molecule has 0 aliphatic carbocycles. The van der Waals surface area contributed by atoms with Gasteiger partial charge in [-0.3, -0.25) is 14.9 Å². The first kappa shape index (κ1) is 13.7. The van der Waals surface area contributed by atoms with Crippen molar-refractivity contribution in [2.75, 3.05) is 0 Å². The summed E-state index contributed by atoms with van der Waals surface area (Å²) in [5.74, 6) is 0. The fraction of sp³-hybridized carbons (Fsp3) is 0. The molecule has 0 unspecified atom stereocenters.